The van der Waals surface area contributed by atoms with Crippen LogP contribution < -0.4 is 11.1 Å². The summed E-state index contributed by atoms with van der Waals surface area (Å²) < 4.78 is 0. The predicted molar refractivity (Wildman–Crippen MR) is 46.3 cm³/mol. The zero-order valence-electron chi connectivity index (χ0n) is 7.76. The van der Waals surface area contributed by atoms with Gasteiger partial charge < -0.3 is 11.1 Å². The van der Waals surface area contributed by atoms with Crippen molar-refractivity contribution in [2.75, 3.05) is 0 Å². The number of rotatable bonds is 4. The Morgan fingerprint density at radius 1 is 1.42 bits per heavy atom. The van der Waals surface area contributed by atoms with Gasteiger partial charge in [-0.2, -0.15) is 0 Å². The van der Waals surface area contributed by atoms with E-state index in [1.54, 1.807) is 6.92 Å². The fourth-order valence-electron chi connectivity index (χ4n) is 0.842. The number of amides is 2. The molecule has 0 rings (SSSR count). The highest BCUT2D eigenvalue weighted by Crippen LogP contribution is 2.00. The molecule has 0 fully saturated rings. The molecule has 4 nitrogen and oxygen atoms in total. The molecule has 4 heteroatoms. The number of carbonyl (C=O) groups excluding carboxylic acids is 2. The van der Waals surface area contributed by atoms with E-state index in [9.17, 15) is 9.59 Å². The van der Waals surface area contributed by atoms with Gasteiger partial charge >= 0.3 is 0 Å². The zero-order chi connectivity index (χ0) is 9.72. The number of carbonyl (C=O) groups is 2. The highest BCUT2D eigenvalue weighted by Gasteiger charge is 2.20. The molecule has 0 aliphatic heterocycles. The van der Waals surface area contributed by atoms with Crippen molar-refractivity contribution in [3.05, 3.63) is 0 Å². The molecule has 0 aromatic rings. The topological polar surface area (TPSA) is 72.2 Å². The Labute approximate surface area is 72.5 Å². The lowest BCUT2D eigenvalue weighted by atomic mass is 10.0. The van der Waals surface area contributed by atoms with E-state index in [-0.39, 0.29) is 11.8 Å². The minimum atomic E-state index is -0.544. The Morgan fingerprint density at radius 3 is 2.17 bits per heavy atom. The van der Waals surface area contributed by atoms with Crippen molar-refractivity contribution < 1.29 is 9.59 Å². The van der Waals surface area contributed by atoms with Crippen LogP contribution in [-0.2, 0) is 9.59 Å². The third kappa shape index (κ3) is 3.37. The molecule has 12 heavy (non-hydrogen) atoms. The van der Waals surface area contributed by atoms with Gasteiger partial charge in [-0.25, -0.2) is 0 Å². The maximum Gasteiger partial charge on any atom is 0.240 e. The molecule has 1 atom stereocenters. The van der Waals surface area contributed by atoms with E-state index in [0.717, 1.165) is 0 Å². The van der Waals surface area contributed by atoms with Crippen LogP contribution in [-0.4, -0.2) is 17.9 Å². The van der Waals surface area contributed by atoms with Crippen LogP contribution in [0.5, 0.6) is 0 Å². The summed E-state index contributed by atoms with van der Waals surface area (Å²) in [5.74, 6) is -0.586. The van der Waals surface area contributed by atoms with Gasteiger partial charge in [0.1, 0.15) is 6.04 Å². The predicted octanol–water partition coefficient (Wildman–Crippen LogP) is 0.0225. The zero-order valence-corrected chi connectivity index (χ0v) is 7.76. The van der Waals surface area contributed by atoms with Crippen LogP contribution in [0.4, 0.5) is 0 Å². The maximum atomic E-state index is 10.9. The van der Waals surface area contributed by atoms with Gasteiger partial charge in [0.15, 0.2) is 0 Å². The first kappa shape index (κ1) is 10.9. The molecule has 0 aliphatic carbocycles. The molecule has 0 bridgehead atoms. The van der Waals surface area contributed by atoms with Gasteiger partial charge in [0.05, 0.1) is 0 Å². The lowest BCUT2D eigenvalue weighted by Gasteiger charge is -2.18. The average Bonchev–Trinajstić information content (AvgIpc) is 1.98. The molecular formula is C8H16N2O2. The highest BCUT2D eigenvalue weighted by molar-refractivity contribution is 5.86. The lowest BCUT2D eigenvalue weighted by molar-refractivity contribution is -0.128. The van der Waals surface area contributed by atoms with Gasteiger partial charge in [0.25, 0.3) is 0 Å². The monoisotopic (exact) mass is 172 g/mol. The third-order valence-electron chi connectivity index (χ3n) is 1.61. The first-order valence-electron chi connectivity index (χ1n) is 4.07. The van der Waals surface area contributed by atoms with Crippen molar-refractivity contribution in [2.45, 2.75) is 33.2 Å². The fourth-order valence-corrected chi connectivity index (χ4v) is 0.842. The summed E-state index contributed by atoms with van der Waals surface area (Å²) in [6, 6.07) is -0.544. The van der Waals surface area contributed by atoms with Crippen molar-refractivity contribution in [3.63, 3.8) is 0 Å². The normalized spacial score (nSPS) is 12.7. The Bertz CT molecular complexity index is 178. The summed E-state index contributed by atoms with van der Waals surface area (Å²) in [7, 11) is 0. The number of primary amides is 1. The second kappa shape index (κ2) is 4.74. The third-order valence-corrected chi connectivity index (χ3v) is 1.61. The molecule has 0 heterocycles. The molecule has 0 aliphatic rings. The second-order valence-electron chi connectivity index (χ2n) is 3.05. The molecule has 0 radical (unpaired) electrons. The largest absolute Gasteiger partial charge is 0.368 e. The lowest BCUT2D eigenvalue weighted by Crippen LogP contribution is -2.47. The maximum absolute atomic E-state index is 10.9. The van der Waals surface area contributed by atoms with Crippen LogP contribution in [0, 0.1) is 5.92 Å². The standard InChI is InChI=1S/C8H16N2O2/c1-4-6(11)10-7(5(2)3)8(9)12/h5,7H,4H2,1-3H3,(H2,9,12)(H,10,11)/t7-/m1/s1. The minimum absolute atomic E-state index is 0.0398. The Balaban J connectivity index is 4.14. The van der Waals surface area contributed by atoms with E-state index in [0.29, 0.717) is 6.42 Å². The summed E-state index contributed by atoms with van der Waals surface area (Å²) in [5, 5.41) is 2.55. The summed E-state index contributed by atoms with van der Waals surface area (Å²) in [6.07, 6.45) is 0.372. The van der Waals surface area contributed by atoms with Gasteiger partial charge in [0, 0.05) is 6.42 Å². The van der Waals surface area contributed by atoms with Crippen LogP contribution >= 0.6 is 0 Å². The molecule has 3 N–H and O–H groups in total. The molecule has 70 valence electrons. The van der Waals surface area contributed by atoms with Gasteiger partial charge in [-0.3, -0.25) is 9.59 Å². The molecular weight excluding hydrogens is 156 g/mol. The van der Waals surface area contributed by atoms with Crippen LogP contribution in [0.15, 0.2) is 0 Å². The quantitative estimate of drug-likeness (QED) is 0.627. The fraction of sp³-hybridized carbons (Fsp3) is 0.750. The van der Waals surface area contributed by atoms with E-state index in [1.165, 1.54) is 0 Å². The van der Waals surface area contributed by atoms with Crippen LogP contribution in [0.2, 0.25) is 0 Å². The average molecular weight is 172 g/mol. The van der Waals surface area contributed by atoms with Crippen LogP contribution in [0.1, 0.15) is 27.2 Å². The van der Waals surface area contributed by atoms with Crippen molar-refractivity contribution in [1.29, 1.82) is 0 Å². The van der Waals surface area contributed by atoms with Crippen LogP contribution in [0.25, 0.3) is 0 Å². The first-order chi connectivity index (χ1) is 5.49. The number of hydrogen-bond donors (Lipinski definition) is 2. The smallest absolute Gasteiger partial charge is 0.240 e. The summed E-state index contributed by atoms with van der Waals surface area (Å²) in [4.78, 5) is 21.7. The van der Waals surface area contributed by atoms with Crippen molar-refractivity contribution in [3.8, 4) is 0 Å². The second-order valence-corrected chi connectivity index (χ2v) is 3.05. The van der Waals surface area contributed by atoms with Gasteiger partial charge in [-0.1, -0.05) is 20.8 Å². The van der Waals surface area contributed by atoms with E-state index >= 15 is 0 Å². The summed E-state index contributed by atoms with van der Waals surface area (Å²) in [6.45, 7) is 5.41. The van der Waals surface area contributed by atoms with Crippen molar-refractivity contribution in [1.82, 2.24) is 5.32 Å². The molecule has 2 amide bonds. The molecule has 0 spiro atoms. The Hall–Kier alpha value is -1.06. The highest BCUT2D eigenvalue weighted by atomic mass is 16.2. The van der Waals surface area contributed by atoms with Gasteiger partial charge in [-0.15, -0.1) is 0 Å². The van der Waals surface area contributed by atoms with E-state index in [2.05, 4.69) is 5.32 Å². The van der Waals surface area contributed by atoms with Crippen LogP contribution in [0.3, 0.4) is 0 Å². The number of nitrogens with two attached hydrogens (primary N) is 1. The van der Waals surface area contributed by atoms with Gasteiger partial charge in [-0.05, 0) is 5.92 Å². The Kier molecular flexibility index (Phi) is 4.33. The molecule has 0 unspecified atom stereocenters. The SMILES string of the molecule is CCC(=O)N[C@@H](C(N)=O)C(C)C. The number of nitrogens with one attached hydrogen (secondary N) is 1. The Morgan fingerprint density at radius 2 is 1.92 bits per heavy atom. The molecule has 0 aromatic heterocycles. The van der Waals surface area contributed by atoms with E-state index in [4.69, 9.17) is 5.73 Å². The first-order valence-corrected chi connectivity index (χ1v) is 4.07. The van der Waals surface area contributed by atoms with Crippen molar-refractivity contribution >= 4 is 11.8 Å². The minimum Gasteiger partial charge on any atom is -0.368 e. The molecule has 0 saturated heterocycles. The summed E-state index contributed by atoms with van der Waals surface area (Å²) >= 11 is 0. The molecule has 0 saturated carbocycles. The van der Waals surface area contributed by atoms with Crippen molar-refractivity contribution in [2.24, 2.45) is 11.7 Å². The van der Waals surface area contributed by atoms with E-state index < -0.39 is 11.9 Å². The van der Waals surface area contributed by atoms with Gasteiger partial charge in [0.2, 0.25) is 11.8 Å². The summed E-state index contributed by atoms with van der Waals surface area (Å²) in [5.41, 5.74) is 5.09. The molecule has 0 aromatic carbocycles. The number of hydrogen-bond acceptors (Lipinski definition) is 2. The van der Waals surface area contributed by atoms with E-state index in [1.807, 2.05) is 13.8 Å².